The normalized spacial score (nSPS) is 9.89. The second kappa shape index (κ2) is 8.36. The van der Waals surface area contributed by atoms with Crippen LogP contribution < -0.4 is 10.1 Å². The number of alkyl carbamates (subject to hydrolysis) is 1. The molecule has 0 radical (unpaired) electrons. The van der Waals surface area contributed by atoms with Crippen LogP contribution in [0.3, 0.4) is 0 Å². The van der Waals surface area contributed by atoms with E-state index in [1.54, 1.807) is 0 Å². The first-order valence-electron chi connectivity index (χ1n) is 5.99. The van der Waals surface area contributed by atoms with Gasteiger partial charge in [0.25, 0.3) is 0 Å². The first-order valence-corrected chi connectivity index (χ1v) is 5.99. The van der Waals surface area contributed by atoms with Gasteiger partial charge in [0.2, 0.25) is 0 Å². The molecule has 1 aromatic carbocycles. The van der Waals surface area contributed by atoms with Crippen LogP contribution in [0.15, 0.2) is 24.3 Å². The number of benzene rings is 1. The molecule has 1 amide bonds. The second-order valence-corrected chi connectivity index (χ2v) is 3.66. The van der Waals surface area contributed by atoms with Gasteiger partial charge >= 0.3 is 6.09 Å². The quantitative estimate of drug-likeness (QED) is 0.726. The number of hydrogen-bond donors (Lipinski definition) is 2. The monoisotopic (exact) mass is 253 g/mol. The predicted molar refractivity (Wildman–Crippen MR) is 67.5 cm³/mol. The summed E-state index contributed by atoms with van der Waals surface area (Å²) >= 11 is 0. The van der Waals surface area contributed by atoms with Crippen molar-refractivity contribution >= 4 is 6.09 Å². The molecule has 1 aromatic rings. The lowest BCUT2D eigenvalue weighted by molar-refractivity contribution is 0.138. The summed E-state index contributed by atoms with van der Waals surface area (Å²) in [6, 6.07) is 7.41. The molecule has 100 valence electrons. The van der Waals surface area contributed by atoms with Gasteiger partial charge in [0.1, 0.15) is 12.4 Å². The zero-order chi connectivity index (χ0) is 13.2. The van der Waals surface area contributed by atoms with Crippen LogP contribution in [-0.4, -0.2) is 31.0 Å². The summed E-state index contributed by atoms with van der Waals surface area (Å²) in [5.41, 5.74) is 0.873. The van der Waals surface area contributed by atoms with Crippen molar-refractivity contribution in [1.29, 1.82) is 0 Å². The largest absolute Gasteiger partial charge is 0.494 e. The van der Waals surface area contributed by atoms with E-state index >= 15 is 0 Å². The van der Waals surface area contributed by atoms with Crippen LogP contribution in [0.2, 0.25) is 0 Å². The van der Waals surface area contributed by atoms with Crippen LogP contribution in [0.4, 0.5) is 4.79 Å². The summed E-state index contributed by atoms with van der Waals surface area (Å²) in [5.74, 6) is 0.763. The van der Waals surface area contributed by atoms with Crippen molar-refractivity contribution in [2.75, 3.05) is 19.8 Å². The molecule has 0 saturated carbocycles. The Kier molecular flexibility index (Phi) is 6.64. The molecule has 0 aromatic heterocycles. The Hall–Kier alpha value is -1.75. The average molecular weight is 253 g/mol. The standard InChI is InChI=1S/C13H19NO4/c1-2-17-12-6-3-5-11(9-12)10-18-13(16)14-7-4-8-15/h3,5-6,9,15H,2,4,7-8,10H2,1H3,(H,14,16). The molecule has 0 heterocycles. The van der Waals surface area contributed by atoms with E-state index in [1.807, 2.05) is 31.2 Å². The van der Waals surface area contributed by atoms with Gasteiger partial charge in [-0.1, -0.05) is 12.1 Å². The van der Waals surface area contributed by atoms with Gasteiger partial charge in [-0.2, -0.15) is 0 Å². The molecule has 0 aliphatic carbocycles. The molecule has 5 heteroatoms. The summed E-state index contributed by atoms with van der Waals surface area (Å²) in [4.78, 5) is 11.3. The molecule has 0 bridgehead atoms. The topological polar surface area (TPSA) is 67.8 Å². The van der Waals surface area contributed by atoms with Gasteiger partial charge in [0.05, 0.1) is 6.61 Å². The summed E-state index contributed by atoms with van der Waals surface area (Å²) < 4.78 is 10.4. The van der Waals surface area contributed by atoms with Gasteiger partial charge in [-0.25, -0.2) is 4.79 Å². The zero-order valence-electron chi connectivity index (χ0n) is 10.5. The van der Waals surface area contributed by atoms with E-state index < -0.39 is 6.09 Å². The Labute approximate surface area is 107 Å². The van der Waals surface area contributed by atoms with Crippen molar-refractivity contribution in [1.82, 2.24) is 5.32 Å². The van der Waals surface area contributed by atoms with Crippen molar-refractivity contribution in [2.45, 2.75) is 20.0 Å². The fourth-order valence-corrected chi connectivity index (χ4v) is 1.36. The summed E-state index contributed by atoms with van der Waals surface area (Å²) in [5, 5.41) is 11.1. The van der Waals surface area contributed by atoms with E-state index in [4.69, 9.17) is 14.6 Å². The van der Waals surface area contributed by atoms with E-state index in [0.29, 0.717) is 19.6 Å². The Morgan fingerprint density at radius 1 is 1.44 bits per heavy atom. The van der Waals surface area contributed by atoms with Gasteiger partial charge in [-0.05, 0) is 31.0 Å². The van der Waals surface area contributed by atoms with Crippen LogP contribution in [0.25, 0.3) is 0 Å². The van der Waals surface area contributed by atoms with Crippen molar-refractivity contribution < 1.29 is 19.4 Å². The Bertz CT molecular complexity index is 368. The van der Waals surface area contributed by atoms with E-state index in [1.165, 1.54) is 0 Å². The van der Waals surface area contributed by atoms with Crippen LogP contribution >= 0.6 is 0 Å². The molecule has 0 spiro atoms. The van der Waals surface area contributed by atoms with E-state index in [2.05, 4.69) is 5.32 Å². The fourth-order valence-electron chi connectivity index (χ4n) is 1.36. The number of hydrogen-bond acceptors (Lipinski definition) is 4. The van der Waals surface area contributed by atoms with E-state index in [9.17, 15) is 4.79 Å². The number of amides is 1. The van der Waals surface area contributed by atoms with Crippen molar-refractivity contribution in [3.8, 4) is 5.75 Å². The molecule has 0 saturated heterocycles. The minimum absolute atomic E-state index is 0.0523. The maximum absolute atomic E-state index is 11.3. The number of carbonyl (C=O) groups is 1. The molecule has 0 atom stereocenters. The van der Waals surface area contributed by atoms with Crippen LogP contribution in [0, 0.1) is 0 Å². The third-order valence-electron chi connectivity index (χ3n) is 2.18. The van der Waals surface area contributed by atoms with Gasteiger partial charge in [0.15, 0.2) is 0 Å². The Balaban J connectivity index is 2.33. The lowest BCUT2D eigenvalue weighted by Crippen LogP contribution is -2.25. The van der Waals surface area contributed by atoms with Gasteiger partial charge in [-0.3, -0.25) is 0 Å². The Morgan fingerprint density at radius 3 is 3.00 bits per heavy atom. The number of aliphatic hydroxyl groups is 1. The maximum atomic E-state index is 11.3. The summed E-state index contributed by atoms with van der Waals surface area (Å²) in [6.07, 6.45) is 0.0415. The smallest absolute Gasteiger partial charge is 0.407 e. The lowest BCUT2D eigenvalue weighted by atomic mass is 10.2. The molecule has 0 unspecified atom stereocenters. The van der Waals surface area contributed by atoms with Crippen LogP contribution in [0.5, 0.6) is 5.75 Å². The number of aliphatic hydroxyl groups excluding tert-OH is 1. The van der Waals surface area contributed by atoms with E-state index in [-0.39, 0.29) is 13.2 Å². The summed E-state index contributed by atoms with van der Waals surface area (Å²) in [6.45, 7) is 3.18. The third-order valence-corrected chi connectivity index (χ3v) is 2.18. The summed E-state index contributed by atoms with van der Waals surface area (Å²) in [7, 11) is 0. The molecule has 2 N–H and O–H groups in total. The molecular formula is C13H19NO4. The minimum atomic E-state index is -0.481. The molecule has 0 aliphatic heterocycles. The zero-order valence-corrected chi connectivity index (χ0v) is 10.5. The molecule has 1 rings (SSSR count). The highest BCUT2D eigenvalue weighted by atomic mass is 16.5. The molecule has 18 heavy (non-hydrogen) atoms. The van der Waals surface area contributed by atoms with Crippen LogP contribution in [0.1, 0.15) is 18.9 Å². The predicted octanol–water partition coefficient (Wildman–Crippen LogP) is 1.69. The SMILES string of the molecule is CCOc1cccc(COC(=O)NCCCO)c1. The van der Waals surface area contributed by atoms with Gasteiger partial charge in [0, 0.05) is 13.2 Å². The van der Waals surface area contributed by atoms with Crippen molar-refractivity contribution in [3.05, 3.63) is 29.8 Å². The number of nitrogens with one attached hydrogen (secondary N) is 1. The molecule has 5 nitrogen and oxygen atoms in total. The number of ether oxygens (including phenoxy) is 2. The minimum Gasteiger partial charge on any atom is -0.494 e. The fraction of sp³-hybridized carbons (Fsp3) is 0.462. The highest BCUT2D eigenvalue weighted by Crippen LogP contribution is 2.13. The molecular weight excluding hydrogens is 234 g/mol. The highest BCUT2D eigenvalue weighted by Gasteiger charge is 2.02. The molecule has 0 aliphatic rings. The van der Waals surface area contributed by atoms with Crippen molar-refractivity contribution in [3.63, 3.8) is 0 Å². The van der Waals surface area contributed by atoms with Crippen molar-refractivity contribution in [2.24, 2.45) is 0 Å². The number of carbonyl (C=O) groups excluding carboxylic acids is 1. The third kappa shape index (κ3) is 5.54. The first-order chi connectivity index (χ1) is 8.76. The average Bonchev–Trinajstić information content (AvgIpc) is 2.38. The highest BCUT2D eigenvalue weighted by molar-refractivity contribution is 5.67. The lowest BCUT2D eigenvalue weighted by Gasteiger charge is -2.08. The first kappa shape index (κ1) is 14.3. The number of rotatable bonds is 7. The van der Waals surface area contributed by atoms with Gasteiger partial charge < -0.3 is 19.9 Å². The Morgan fingerprint density at radius 2 is 2.28 bits per heavy atom. The van der Waals surface area contributed by atoms with Gasteiger partial charge in [-0.15, -0.1) is 0 Å². The second-order valence-electron chi connectivity index (χ2n) is 3.66. The maximum Gasteiger partial charge on any atom is 0.407 e. The van der Waals surface area contributed by atoms with E-state index in [0.717, 1.165) is 11.3 Å². The molecule has 0 fully saturated rings. The van der Waals surface area contributed by atoms with Crippen LogP contribution in [-0.2, 0) is 11.3 Å².